The number of benzene rings is 1. The average molecular weight is 367 g/mol. The zero-order chi connectivity index (χ0) is 13.1. The fourth-order valence-corrected chi connectivity index (χ4v) is 1.22. The van der Waals surface area contributed by atoms with E-state index in [0.717, 1.165) is 0 Å². The highest BCUT2D eigenvalue weighted by Crippen LogP contribution is 2.27. The molecule has 17 heavy (non-hydrogen) atoms. The summed E-state index contributed by atoms with van der Waals surface area (Å²) in [4.78, 5) is 21.3. The van der Waals surface area contributed by atoms with E-state index in [1.807, 2.05) is 0 Å². The highest BCUT2D eigenvalue weighted by atomic mass is 79.9. The second-order valence-corrected chi connectivity index (χ2v) is 7.62. The molecule has 7 heteroatoms. The van der Waals surface area contributed by atoms with E-state index >= 15 is 0 Å². The molecule has 0 aliphatic carbocycles. The van der Waals surface area contributed by atoms with Crippen LogP contribution in [0.5, 0.6) is 0 Å². The molecule has 0 N–H and O–H groups in total. The van der Waals surface area contributed by atoms with Crippen molar-refractivity contribution in [3.63, 3.8) is 0 Å². The van der Waals surface area contributed by atoms with Crippen LogP contribution in [-0.2, 0) is 16.1 Å². The fraction of sp³-hybridized carbons (Fsp3) is 0.300. The normalized spacial score (nSPS) is 11.0. The van der Waals surface area contributed by atoms with Crippen LogP contribution >= 0.6 is 31.9 Å². The number of hydrogen-bond donors (Lipinski definition) is 0. The molecule has 0 saturated carbocycles. The number of alkyl halides is 2. The topological polar surface area (TPSA) is 69.4 Å². The van der Waals surface area contributed by atoms with Crippen LogP contribution in [0, 0.1) is 10.1 Å². The number of non-ortho nitro benzene ring substituents is 1. The van der Waals surface area contributed by atoms with Gasteiger partial charge in [-0.2, -0.15) is 0 Å². The number of rotatable bonds is 4. The number of nitro groups is 1. The molecule has 1 aromatic rings. The Kier molecular flexibility index (Phi) is 4.64. The Hall–Kier alpha value is -0.950. The van der Waals surface area contributed by atoms with E-state index in [1.165, 1.54) is 12.1 Å². The Balaban J connectivity index is 2.59. The minimum Gasteiger partial charge on any atom is -0.459 e. The van der Waals surface area contributed by atoms with E-state index < -0.39 is 14.1 Å². The second-order valence-electron chi connectivity index (χ2n) is 3.39. The molecule has 0 aliphatic heterocycles. The van der Waals surface area contributed by atoms with Crippen LogP contribution in [0.3, 0.4) is 0 Å². The summed E-state index contributed by atoms with van der Waals surface area (Å²) in [5.74, 6) is -0.462. The van der Waals surface area contributed by atoms with E-state index in [0.29, 0.717) is 5.56 Å². The summed E-state index contributed by atoms with van der Waals surface area (Å²) in [6, 6.07) is 5.83. The van der Waals surface area contributed by atoms with Crippen LogP contribution < -0.4 is 0 Å². The summed E-state index contributed by atoms with van der Waals surface area (Å²) in [6.45, 7) is 1.68. The number of carbonyl (C=O) groups is 1. The van der Waals surface area contributed by atoms with Gasteiger partial charge in [0.2, 0.25) is 0 Å². The molecule has 0 amide bonds. The predicted molar refractivity (Wildman–Crippen MR) is 69.2 cm³/mol. The lowest BCUT2D eigenvalue weighted by molar-refractivity contribution is -0.384. The first-order valence-corrected chi connectivity index (χ1v) is 6.17. The molecule has 1 aromatic carbocycles. The SMILES string of the molecule is CC(Br)(Br)C(=O)OCc1ccc([N+](=O)[O-])cc1. The van der Waals surface area contributed by atoms with Gasteiger partial charge in [-0.1, -0.05) is 31.9 Å². The van der Waals surface area contributed by atoms with Gasteiger partial charge in [0, 0.05) is 12.1 Å². The Bertz CT molecular complexity index is 425. The number of carbonyl (C=O) groups excluding carboxylic acids is 1. The van der Waals surface area contributed by atoms with Crippen molar-refractivity contribution < 1.29 is 14.5 Å². The van der Waals surface area contributed by atoms with E-state index in [4.69, 9.17) is 4.74 Å². The third kappa shape index (κ3) is 4.43. The van der Waals surface area contributed by atoms with Crippen molar-refractivity contribution in [1.29, 1.82) is 0 Å². The van der Waals surface area contributed by atoms with Crippen LogP contribution in [0.2, 0.25) is 0 Å². The maximum absolute atomic E-state index is 11.4. The molecule has 0 spiro atoms. The minimum atomic E-state index is -0.916. The van der Waals surface area contributed by atoms with Gasteiger partial charge in [0.1, 0.15) is 6.61 Å². The Morgan fingerprint density at radius 2 is 1.94 bits per heavy atom. The maximum atomic E-state index is 11.4. The van der Waals surface area contributed by atoms with Crippen molar-refractivity contribution in [2.75, 3.05) is 0 Å². The third-order valence-electron chi connectivity index (χ3n) is 1.88. The first kappa shape index (κ1) is 14.1. The van der Waals surface area contributed by atoms with Crippen molar-refractivity contribution in [3.05, 3.63) is 39.9 Å². The largest absolute Gasteiger partial charge is 0.459 e. The molecule has 0 atom stereocenters. The van der Waals surface area contributed by atoms with Gasteiger partial charge in [0.25, 0.3) is 5.69 Å². The molecule has 92 valence electrons. The van der Waals surface area contributed by atoms with Gasteiger partial charge >= 0.3 is 5.97 Å². The summed E-state index contributed by atoms with van der Waals surface area (Å²) in [7, 11) is 0. The number of esters is 1. The highest BCUT2D eigenvalue weighted by Gasteiger charge is 2.27. The Labute approximate surface area is 115 Å². The van der Waals surface area contributed by atoms with Crippen LogP contribution in [0.1, 0.15) is 12.5 Å². The highest BCUT2D eigenvalue weighted by molar-refractivity contribution is 9.25. The zero-order valence-corrected chi connectivity index (χ0v) is 12.0. The monoisotopic (exact) mass is 365 g/mol. The van der Waals surface area contributed by atoms with Gasteiger partial charge in [-0.15, -0.1) is 0 Å². The van der Waals surface area contributed by atoms with Gasteiger partial charge in [-0.25, -0.2) is 4.79 Å². The van der Waals surface area contributed by atoms with Gasteiger partial charge in [-0.05, 0) is 24.6 Å². The number of hydrogen-bond acceptors (Lipinski definition) is 4. The summed E-state index contributed by atoms with van der Waals surface area (Å²) < 4.78 is 4.07. The summed E-state index contributed by atoms with van der Waals surface area (Å²) in [6.07, 6.45) is 0. The molecular weight excluding hydrogens is 358 g/mol. The first-order valence-electron chi connectivity index (χ1n) is 4.59. The number of nitro benzene ring substituents is 1. The minimum absolute atomic E-state index is 0.00546. The van der Waals surface area contributed by atoms with E-state index in [2.05, 4.69) is 31.9 Å². The number of ether oxygens (including phenoxy) is 1. The molecule has 0 heterocycles. The second kappa shape index (κ2) is 5.59. The summed E-state index contributed by atoms with van der Waals surface area (Å²) in [5, 5.41) is 10.4. The molecule has 0 radical (unpaired) electrons. The molecule has 0 aliphatic rings. The summed E-state index contributed by atoms with van der Waals surface area (Å²) in [5.41, 5.74) is 0.694. The van der Waals surface area contributed by atoms with Crippen LogP contribution in [0.15, 0.2) is 24.3 Å². The first-order chi connectivity index (χ1) is 7.80. The fourth-order valence-electron chi connectivity index (χ4n) is 0.989. The van der Waals surface area contributed by atoms with Gasteiger partial charge < -0.3 is 4.74 Å². The third-order valence-corrected chi connectivity index (χ3v) is 2.52. The van der Waals surface area contributed by atoms with Gasteiger partial charge in [-0.3, -0.25) is 10.1 Å². The van der Waals surface area contributed by atoms with E-state index in [1.54, 1.807) is 19.1 Å². The van der Waals surface area contributed by atoms with Crippen molar-refractivity contribution in [2.24, 2.45) is 0 Å². The van der Waals surface area contributed by atoms with Crippen LogP contribution in [-0.4, -0.2) is 14.1 Å². The van der Waals surface area contributed by atoms with Gasteiger partial charge in [0.05, 0.1) is 4.92 Å². The predicted octanol–water partition coefficient (Wildman–Crippen LogP) is 3.14. The number of halogens is 2. The Morgan fingerprint density at radius 1 is 1.41 bits per heavy atom. The van der Waals surface area contributed by atoms with Crippen molar-refractivity contribution in [1.82, 2.24) is 0 Å². The quantitative estimate of drug-likeness (QED) is 0.355. The lowest BCUT2D eigenvalue weighted by Gasteiger charge is -2.12. The summed E-state index contributed by atoms with van der Waals surface area (Å²) >= 11 is 6.20. The lowest BCUT2D eigenvalue weighted by atomic mass is 10.2. The van der Waals surface area contributed by atoms with Crippen molar-refractivity contribution in [2.45, 2.75) is 16.8 Å². The molecule has 1 rings (SSSR count). The molecule has 5 nitrogen and oxygen atoms in total. The zero-order valence-electron chi connectivity index (χ0n) is 8.85. The average Bonchev–Trinajstić information content (AvgIpc) is 2.25. The van der Waals surface area contributed by atoms with Crippen molar-refractivity contribution >= 4 is 43.5 Å². The number of nitrogens with zero attached hydrogens (tertiary/aromatic N) is 1. The molecule has 0 fully saturated rings. The molecule has 0 aromatic heterocycles. The van der Waals surface area contributed by atoms with Crippen LogP contribution in [0.25, 0.3) is 0 Å². The van der Waals surface area contributed by atoms with E-state index in [-0.39, 0.29) is 12.3 Å². The van der Waals surface area contributed by atoms with E-state index in [9.17, 15) is 14.9 Å². The smallest absolute Gasteiger partial charge is 0.333 e. The van der Waals surface area contributed by atoms with Crippen LogP contribution in [0.4, 0.5) is 5.69 Å². The molecule has 0 unspecified atom stereocenters. The molecule has 0 saturated heterocycles. The molecular formula is C10H9Br2NO4. The standard InChI is InChI=1S/C10H9Br2NO4/c1-10(11,12)9(14)17-6-7-2-4-8(5-3-7)13(15)16/h2-5H,6H2,1H3. The maximum Gasteiger partial charge on any atom is 0.333 e. The van der Waals surface area contributed by atoms with Gasteiger partial charge in [0.15, 0.2) is 3.23 Å². The molecule has 0 bridgehead atoms. The Morgan fingerprint density at radius 3 is 2.35 bits per heavy atom. The van der Waals surface area contributed by atoms with Crippen molar-refractivity contribution in [3.8, 4) is 0 Å². The lowest BCUT2D eigenvalue weighted by Crippen LogP contribution is -2.23.